The number of halogens is 1. The number of amides is 2. The highest BCUT2D eigenvalue weighted by atomic mass is 35.5. The van der Waals surface area contributed by atoms with Crippen LogP contribution in [0.2, 0.25) is 5.02 Å². The summed E-state index contributed by atoms with van der Waals surface area (Å²) in [5, 5.41) is 7.33. The lowest BCUT2D eigenvalue weighted by Gasteiger charge is -2.28. The van der Waals surface area contributed by atoms with Crippen LogP contribution < -0.4 is 15.5 Å². The molecule has 1 aromatic heterocycles. The summed E-state index contributed by atoms with van der Waals surface area (Å²) in [6, 6.07) is 13.8. The minimum Gasteiger partial charge on any atom is -0.467 e. The molecule has 0 saturated carbocycles. The zero-order valence-electron chi connectivity index (χ0n) is 24.1. The minimum atomic E-state index is -0.205. The molecule has 40 heavy (non-hydrogen) atoms. The number of carbonyl (C=O) groups excluding carboxylic acids is 1. The summed E-state index contributed by atoms with van der Waals surface area (Å²) in [6.45, 7) is 9.43. The van der Waals surface area contributed by atoms with Gasteiger partial charge in [-0.05, 0) is 77.8 Å². The van der Waals surface area contributed by atoms with Crippen molar-refractivity contribution >= 4 is 34.7 Å². The van der Waals surface area contributed by atoms with Gasteiger partial charge in [0, 0.05) is 23.5 Å². The largest absolute Gasteiger partial charge is 0.467 e. The molecule has 1 unspecified atom stereocenters. The number of hydrogen-bond acceptors (Lipinski definition) is 4. The molecule has 0 spiro atoms. The van der Waals surface area contributed by atoms with Crippen LogP contribution >= 0.6 is 11.6 Å². The summed E-state index contributed by atoms with van der Waals surface area (Å²) in [6.07, 6.45) is 10.1. The Morgan fingerprint density at radius 2 is 1.90 bits per heavy atom. The fraction of sp³-hybridized carbons (Fsp3) is 0.364. The molecular formula is C33H40ClN3O3. The van der Waals surface area contributed by atoms with Gasteiger partial charge in [-0.25, -0.2) is 4.79 Å². The Labute approximate surface area is 243 Å². The predicted molar refractivity (Wildman–Crippen MR) is 166 cm³/mol. The van der Waals surface area contributed by atoms with Crippen LogP contribution in [0, 0.1) is 0 Å². The molecule has 2 N–H and O–H groups in total. The lowest BCUT2D eigenvalue weighted by atomic mass is 10.00. The quantitative estimate of drug-likeness (QED) is 0.245. The van der Waals surface area contributed by atoms with Gasteiger partial charge in [-0.1, -0.05) is 69.7 Å². The molecule has 7 heteroatoms. The van der Waals surface area contributed by atoms with Gasteiger partial charge >= 0.3 is 6.03 Å². The molecule has 1 heterocycles. The fourth-order valence-corrected chi connectivity index (χ4v) is 5.31. The van der Waals surface area contributed by atoms with Crippen molar-refractivity contribution < 1.29 is 13.9 Å². The van der Waals surface area contributed by atoms with E-state index in [1.165, 1.54) is 5.56 Å². The van der Waals surface area contributed by atoms with Gasteiger partial charge in [0.15, 0.2) is 0 Å². The lowest BCUT2D eigenvalue weighted by molar-refractivity contribution is 0.142. The van der Waals surface area contributed by atoms with Crippen LogP contribution in [0.5, 0.6) is 0 Å². The molecule has 1 atom stereocenters. The molecule has 2 aromatic carbocycles. The van der Waals surface area contributed by atoms with Crippen LogP contribution in [0.1, 0.15) is 62.5 Å². The molecule has 0 saturated heterocycles. The van der Waals surface area contributed by atoms with Gasteiger partial charge in [0.2, 0.25) is 0 Å². The van der Waals surface area contributed by atoms with E-state index in [-0.39, 0.29) is 12.1 Å². The van der Waals surface area contributed by atoms with Crippen molar-refractivity contribution in [1.29, 1.82) is 0 Å². The third-order valence-electron chi connectivity index (χ3n) is 7.36. The highest BCUT2D eigenvalue weighted by Crippen LogP contribution is 2.36. The molecule has 1 aliphatic rings. The molecule has 3 aromatic rings. The van der Waals surface area contributed by atoms with E-state index in [1.807, 2.05) is 42.5 Å². The molecule has 0 radical (unpaired) electrons. The molecule has 0 aliphatic heterocycles. The van der Waals surface area contributed by atoms with Gasteiger partial charge in [0.05, 0.1) is 31.1 Å². The normalized spacial score (nSPS) is 14.8. The second-order valence-electron chi connectivity index (χ2n) is 10.3. The average Bonchev–Trinajstić information content (AvgIpc) is 3.49. The number of methoxy groups -OCH3 is 1. The average molecular weight is 562 g/mol. The second kappa shape index (κ2) is 13.7. The molecular weight excluding hydrogens is 522 g/mol. The molecule has 0 fully saturated rings. The van der Waals surface area contributed by atoms with Crippen molar-refractivity contribution in [1.82, 2.24) is 0 Å². The SMILES string of the molecule is CCc1c(Cl)cc(NCc2ccco2)c(CC)c1NC(=O)N(CC1=CCC(OC)C=C1)c1ccc(C(C)C)cc1. The summed E-state index contributed by atoms with van der Waals surface area (Å²) in [7, 11) is 1.71. The number of benzene rings is 2. The third kappa shape index (κ3) is 6.98. The van der Waals surface area contributed by atoms with Crippen molar-refractivity contribution in [3.63, 3.8) is 0 Å². The van der Waals surface area contributed by atoms with Crippen LogP contribution in [0.15, 0.2) is 76.9 Å². The number of urea groups is 1. The smallest absolute Gasteiger partial charge is 0.326 e. The number of hydrogen-bond donors (Lipinski definition) is 2. The molecule has 1 aliphatic carbocycles. The van der Waals surface area contributed by atoms with E-state index in [9.17, 15) is 4.79 Å². The van der Waals surface area contributed by atoms with Gasteiger partial charge in [0.1, 0.15) is 5.76 Å². The van der Waals surface area contributed by atoms with E-state index < -0.39 is 0 Å². The maximum absolute atomic E-state index is 14.1. The summed E-state index contributed by atoms with van der Waals surface area (Å²) in [5.74, 6) is 1.23. The molecule has 0 bridgehead atoms. The standard InChI is InChI=1S/C33H40ClN3O3/c1-6-28-30(34)19-31(35-20-27-9-8-18-40-27)29(7-2)32(28)36-33(38)37(21-23-10-16-26(39-5)17-11-23)25-14-12-24(13-15-25)22(3)4/h8-16,18-19,22,26,35H,6-7,17,20-21H2,1-5H3,(H,36,38). The number of carbonyl (C=O) groups is 1. The van der Waals surface area contributed by atoms with Crippen molar-refractivity contribution in [2.75, 3.05) is 29.2 Å². The van der Waals surface area contributed by atoms with Crippen LogP contribution in [-0.4, -0.2) is 25.8 Å². The Kier molecular flexibility index (Phi) is 10.1. The first-order valence-corrected chi connectivity index (χ1v) is 14.4. The van der Waals surface area contributed by atoms with Crippen molar-refractivity contribution in [2.24, 2.45) is 0 Å². The van der Waals surface area contributed by atoms with Crippen molar-refractivity contribution in [2.45, 2.75) is 65.5 Å². The Hall–Kier alpha value is -3.48. The Balaban J connectivity index is 1.67. The first-order valence-electron chi connectivity index (χ1n) is 14.0. The topological polar surface area (TPSA) is 66.7 Å². The van der Waals surface area contributed by atoms with Crippen LogP contribution in [-0.2, 0) is 24.1 Å². The first kappa shape index (κ1) is 29.5. The van der Waals surface area contributed by atoms with Gasteiger partial charge < -0.3 is 19.8 Å². The summed E-state index contributed by atoms with van der Waals surface area (Å²) in [5.41, 5.74) is 6.70. The number of ether oxygens (including phenoxy) is 1. The van der Waals surface area contributed by atoms with Gasteiger partial charge in [-0.15, -0.1) is 0 Å². The van der Waals surface area contributed by atoms with Crippen LogP contribution in [0.3, 0.4) is 0 Å². The maximum Gasteiger partial charge on any atom is 0.326 e. The van der Waals surface area contributed by atoms with E-state index in [0.29, 0.717) is 30.5 Å². The second-order valence-corrected chi connectivity index (χ2v) is 10.7. The number of nitrogens with one attached hydrogen (secondary N) is 2. The van der Waals surface area contributed by atoms with E-state index in [0.717, 1.165) is 52.4 Å². The zero-order valence-corrected chi connectivity index (χ0v) is 24.8. The van der Waals surface area contributed by atoms with E-state index in [1.54, 1.807) is 18.3 Å². The third-order valence-corrected chi connectivity index (χ3v) is 7.69. The van der Waals surface area contributed by atoms with E-state index >= 15 is 0 Å². The zero-order chi connectivity index (χ0) is 28.6. The Morgan fingerprint density at radius 3 is 2.48 bits per heavy atom. The summed E-state index contributed by atoms with van der Waals surface area (Å²) in [4.78, 5) is 15.9. The van der Waals surface area contributed by atoms with Gasteiger partial charge in [-0.3, -0.25) is 4.90 Å². The van der Waals surface area contributed by atoms with Gasteiger partial charge in [-0.2, -0.15) is 0 Å². The highest BCUT2D eigenvalue weighted by molar-refractivity contribution is 6.32. The summed E-state index contributed by atoms with van der Waals surface area (Å²) >= 11 is 6.78. The van der Waals surface area contributed by atoms with E-state index in [4.69, 9.17) is 20.8 Å². The highest BCUT2D eigenvalue weighted by Gasteiger charge is 2.23. The van der Waals surface area contributed by atoms with Gasteiger partial charge in [0.25, 0.3) is 0 Å². The predicted octanol–water partition coefficient (Wildman–Crippen LogP) is 8.73. The van der Waals surface area contributed by atoms with Crippen molar-refractivity contribution in [3.8, 4) is 0 Å². The lowest BCUT2D eigenvalue weighted by Crippen LogP contribution is -2.37. The molecule has 6 nitrogen and oxygen atoms in total. The van der Waals surface area contributed by atoms with E-state index in [2.05, 4.69) is 56.5 Å². The molecule has 4 rings (SSSR count). The minimum absolute atomic E-state index is 0.0640. The number of rotatable bonds is 11. The summed E-state index contributed by atoms with van der Waals surface area (Å²) < 4.78 is 11.0. The number of furan rings is 1. The Bertz CT molecular complexity index is 1340. The van der Waals surface area contributed by atoms with Crippen molar-refractivity contribution in [3.05, 3.63) is 100 Å². The number of nitrogens with zero attached hydrogens (tertiary/aromatic N) is 1. The monoisotopic (exact) mass is 561 g/mol. The van der Waals surface area contributed by atoms with Crippen LogP contribution in [0.25, 0.3) is 0 Å². The first-order chi connectivity index (χ1) is 19.3. The number of anilines is 3. The maximum atomic E-state index is 14.1. The Morgan fingerprint density at radius 1 is 1.15 bits per heavy atom. The fourth-order valence-electron chi connectivity index (χ4n) is 4.97. The molecule has 2 amide bonds. The van der Waals surface area contributed by atoms with Crippen LogP contribution in [0.4, 0.5) is 21.9 Å². The molecule has 212 valence electrons.